The van der Waals surface area contributed by atoms with E-state index < -0.39 is 0 Å². The van der Waals surface area contributed by atoms with Crippen LogP contribution in [-0.4, -0.2) is 61.6 Å². The van der Waals surface area contributed by atoms with E-state index in [0.29, 0.717) is 19.1 Å². The Morgan fingerprint density at radius 3 is 2.47 bits per heavy atom. The number of rotatable bonds is 6. The zero-order valence-corrected chi connectivity index (χ0v) is 11.4. The fourth-order valence-electron chi connectivity index (χ4n) is 2.36. The molecular weight excluding hydrogens is 216 g/mol. The van der Waals surface area contributed by atoms with Crippen molar-refractivity contribution in [2.24, 2.45) is 0 Å². The van der Waals surface area contributed by atoms with Gasteiger partial charge < -0.3 is 9.64 Å². The van der Waals surface area contributed by atoms with Gasteiger partial charge in [-0.3, -0.25) is 9.69 Å². The minimum absolute atomic E-state index is 0.231. The molecule has 0 aliphatic carbocycles. The number of piperazine rings is 1. The van der Waals surface area contributed by atoms with Gasteiger partial charge in [-0.1, -0.05) is 13.3 Å². The van der Waals surface area contributed by atoms with Gasteiger partial charge in [-0.25, -0.2) is 0 Å². The van der Waals surface area contributed by atoms with E-state index in [1.807, 2.05) is 4.90 Å². The Bertz CT molecular complexity index is 225. The van der Waals surface area contributed by atoms with Crippen LogP contribution in [0.1, 0.15) is 33.1 Å². The Labute approximate surface area is 105 Å². The highest BCUT2D eigenvalue weighted by Crippen LogP contribution is 2.11. The molecule has 1 aliphatic rings. The number of carbonyl (C=O) groups is 1. The number of methoxy groups -OCH3 is 1. The number of hydrogen-bond donors (Lipinski definition) is 0. The summed E-state index contributed by atoms with van der Waals surface area (Å²) >= 11 is 0. The molecule has 0 unspecified atom stereocenters. The zero-order chi connectivity index (χ0) is 12.7. The summed E-state index contributed by atoms with van der Waals surface area (Å²) in [4.78, 5) is 16.2. The van der Waals surface area contributed by atoms with Gasteiger partial charge in [-0.2, -0.15) is 0 Å². The average molecular weight is 242 g/mol. The summed E-state index contributed by atoms with van der Waals surface area (Å²) < 4.78 is 4.94. The van der Waals surface area contributed by atoms with E-state index >= 15 is 0 Å². The van der Waals surface area contributed by atoms with Crippen molar-refractivity contribution in [2.75, 3.05) is 39.9 Å². The van der Waals surface area contributed by atoms with Crippen molar-refractivity contribution in [3.63, 3.8) is 0 Å². The van der Waals surface area contributed by atoms with Crippen LogP contribution in [0.4, 0.5) is 0 Å². The summed E-state index contributed by atoms with van der Waals surface area (Å²) in [6.45, 7) is 8.81. The predicted molar refractivity (Wildman–Crippen MR) is 69.0 cm³/mol. The highest BCUT2D eigenvalue weighted by Gasteiger charge is 2.23. The molecule has 1 saturated heterocycles. The van der Waals surface area contributed by atoms with Crippen molar-refractivity contribution >= 4 is 5.91 Å². The first kappa shape index (κ1) is 14.5. The second-order valence-electron chi connectivity index (χ2n) is 4.80. The van der Waals surface area contributed by atoms with E-state index in [9.17, 15) is 4.79 Å². The lowest BCUT2D eigenvalue weighted by molar-refractivity contribution is -0.134. The topological polar surface area (TPSA) is 32.8 Å². The maximum Gasteiger partial charge on any atom is 0.224 e. The van der Waals surface area contributed by atoms with Crippen molar-refractivity contribution in [2.45, 2.75) is 39.2 Å². The Balaban J connectivity index is 2.27. The second kappa shape index (κ2) is 7.67. The molecule has 1 fully saturated rings. The first-order chi connectivity index (χ1) is 8.19. The Hall–Kier alpha value is -0.610. The van der Waals surface area contributed by atoms with Crippen LogP contribution in [0.25, 0.3) is 0 Å². The third kappa shape index (κ3) is 4.64. The van der Waals surface area contributed by atoms with Crippen LogP contribution in [0.15, 0.2) is 0 Å². The molecule has 0 bridgehead atoms. The van der Waals surface area contributed by atoms with Crippen LogP contribution in [0.2, 0.25) is 0 Å². The van der Waals surface area contributed by atoms with Crippen LogP contribution in [-0.2, 0) is 9.53 Å². The molecule has 0 N–H and O–H groups in total. The van der Waals surface area contributed by atoms with Crippen molar-refractivity contribution in [1.29, 1.82) is 0 Å². The highest BCUT2D eigenvalue weighted by molar-refractivity contribution is 5.76. The minimum atomic E-state index is 0.231. The SMILES string of the molecule is CCC[C@H](C)N1CCN(C(=O)CCOC)CC1. The van der Waals surface area contributed by atoms with Gasteiger partial charge in [0.2, 0.25) is 5.91 Å². The maximum absolute atomic E-state index is 11.8. The summed E-state index contributed by atoms with van der Waals surface area (Å²) in [7, 11) is 1.64. The number of carbonyl (C=O) groups excluding carboxylic acids is 1. The molecule has 4 heteroatoms. The Morgan fingerprint density at radius 1 is 1.29 bits per heavy atom. The lowest BCUT2D eigenvalue weighted by atomic mass is 10.1. The zero-order valence-electron chi connectivity index (χ0n) is 11.4. The Kier molecular flexibility index (Phi) is 6.52. The third-order valence-electron chi connectivity index (χ3n) is 3.52. The van der Waals surface area contributed by atoms with Gasteiger partial charge in [-0.05, 0) is 13.3 Å². The molecule has 0 aromatic carbocycles. The van der Waals surface area contributed by atoms with E-state index in [1.165, 1.54) is 12.8 Å². The van der Waals surface area contributed by atoms with Crippen LogP contribution in [0.5, 0.6) is 0 Å². The van der Waals surface area contributed by atoms with Gasteiger partial charge in [0.15, 0.2) is 0 Å². The molecule has 0 spiro atoms. The molecule has 0 saturated carbocycles. The smallest absolute Gasteiger partial charge is 0.224 e. The van der Waals surface area contributed by atoms with E-state index in [2.05, 4.69) is 18.7 Å². The summed E-state index contributed by atoms with van der Waals surface area (Å²) in [5.41, 5.74) is 0. The van der Waals surface area contributed by atoms with E-state index in [4.69, 9.17) is 4.74 Å². The van der Waals surface area contributed by atoms with Crippen LogP contribution in [0.3, 0.4) is 0 Å². The van der Waals surface area contributed by atoms with Crippen molar-refractivity contribution in [3.8, 4) is 0 Å². The lowest BCUT2D eigenvalue weighted by Crippen LogP contribution is -2.51. The van der Waals surface area contributed by atoms with Gasteiger partial charge in [0, 0.05) is 39.3 Å². The summed E-state index contributed by atoms with van der Waals surface area (Å²) in [5.74, 6) is 0.231. The van der Waals surface area contributed by atoms with E-state index in [-0.39, 0.29) is 5.91 Å². The molecule has 1 amide bonds. The van der Waals surface area contributed by atoms with Gasteiger partial charge in [-0.15, -0.1) is 0 Å². The number of amides is 1. The maximum atomic E-state index is 11.8. The van der Waals surface area contributed by atoms with Gasteiger partial charge in [0.05, 0.1) is 13.0 Å². The van der Waals surface area contributed by atoms with E-state index in [1.54, 1.807) is 7.11 Å². The fraction of sp³-hybridized carbons (Fsp3) is 0.923. The molecular formula is C13H26N2O2. The van der Waals surface area contributed by atoms with E-state index in [0.717, 1.165) is 26.2 Å². The largest absolute Gasteiger partial charge is 0.384 e. The predicted octanol–water partition coefficient (Wildman–Crippen LogP) is 1.36. The van der Waals surface area contributed by atoms with Gasteiger partial charge in [0.1, 0.15) is 0 Å². The second-order valence-corrected chi connectivity index (χ2v) is 4.80. The molecule has 1 heterocycles. The first-order valence-corrected chi connectivity index (χ1v) is 6.69. The molecule has 0 aromatic rings. The van der Waals surface area contributed by atoms with Crippen molar-refractivity contribution < 1.29 is 9.53 Å². The monoisotopic (exact) mass is 242 g/mol. The average Bonchev–Trinajstić information content (AvgIpc) is 2.36. The van der Waals surface area contributed by atoms with Crippen LogP contribution >= 0.6 is 0 Å². The van der Waals surface area contributed by atoms with Gasteiger partial charge >= 0.3 is 0 Å². The van der Waals surface area contributed by atoms with Gasteiger partial charge in [0.25, 0.3) is 0 Å². The molecule has 17 heavy (non-hydrogen) atoms. The number of hydrogen-bond acceptors (Lipinski definition) is 3. The minimum Gasteiger partial charge on any atom is -0.384 e. The number of nitrogens with zero attached hydrogens (tertiary/aromatic N) is 2. The molecule has 100 valence electrons. The normalized spacial score (nSPS) is 19.4. The fourth-order valence-corrected chi connectivity index (χ4v) is 2.36. The molecule has 4 nitrogen and oxygen atoms in total. The van der Waals surface area contributed by atoms with Crippen molar-refractivity contribution in [3.05, 3.63) is 0 Å². The highest BCUT2D eigenvalue weighted by atomic mass is 16.5. The molecule has 1 aliphatic heterocycles. The van der Waals surface area contributed by atoms with Crippen LogP contribution < -0.4 is 0 Å². The third-order valence-corrected chi connectivity index (χ3v) is 3.52. The summed E-state index contributed by atoms with van der Waals surface area (Å²) in [5, 5.41) is 0. The van der Waals surface area contributed by atoms with Crippen LogP contribution in [0, 0.1) is 0 Å². The number of ether oxygens (including phenoxy) is 1. The molecule has 1 rings (SSSR count). The molecule has 0 radical (unpaired) electrons. The molecule has 1 atom stereocenters. The quantitative estimate of drug-likeness (QED) is 0.705. The molecule has 0 aromatic heterocycles. The standard InChI is InChI=1S/C13H26N2O2/c1-4-5-12(2)14-7-9-15(10-8-14)13(16)6-11-17-3/h12H,4-11H2,1-3H3/t12-/m0/s1. The Morgan fingerprint density at radius 2 is 1.94 bits per heavy atom. The summed E-state index contributed by atoms with van der Waals surface area (Å²) in [6, 6.07) is 0.649. The first-order valence-electron chi connectivity index (χ1n) is 6.69. The lowest BCUT2D eigenvalue weighted by Gasteiger charge is -2.38. The summed E-state index contributed by atoms with van der Waals surface area (Å²) in [6.07, 6.45) is 2.99. The van der Waals surface area contributed by atoms with Crippen molar-refractivity contribution in [1.82, 2.24) is 9.80 Å².